The minimum atomic E-state index is 0.255. The van der Waals surface area contributed by atoms with Crippen LogP contribution < -0.4 is 9.47 Å². The van der Waals surface area contributed by atoms with Crippen molar-refractivity contribution in [1.82, 2.24) is 4.98 Å². The van der Waals surface area contributed by atoms with Crippen LogP contribution in [0.3, 0.4) is 0 Å². The third-order valence-corrected chi connectivity index (χ3v) is 4.81. The molecule has 0 saturated carbocycles. The molecule has 1 aliphatic rings. The third-order valence-electron chi connectivity index (χ3n) is 4.81. The van der Waals surface area contributed by atoms with Crippen molar-refractivity contribution >= 4 is 10.8 Å². The second kappa shape index (κ2) is 5.88. The van der Waals surface area contributed by atoms with Gasteiger partial charge in [0.25, 0.3) is 0 Å². The van der Waals surface area contributed by atoms with Crippen LogP contribution in [0.25, 0.3) is 33.2 Å². The van der Waals surface area contributed by atoms with Gasteiger partial charge in [0, 0.05) is 27.6 Å². The number of ether oxygens (including phenoxy) is 2. The van der Waals surface area contributed by atoms with Crippen LogP contribution >= 0.6 is 0 Å². The van der Waals surface area contributed by atoms with Gasteiger partial charge in [-0.15, -0.1) is 0 Å². The summed E-state index contributed by atoms with van der Waals surface area (Å²) in [7, 11) is 0. The summed E-state index contributed by atoms with van der Waals surface area (Å²) in [6.07, 6.45) is 0. The van der Waals surface area contributed by atoms with Gasteiger partial charge < -0.3 is 9.47 Å². The van der Waals surface area contributed by atoms with E-state index < -0.39 is 0 Å². The van der Waals surface area contributed by atoms with Crippen molar-refractivity contribution in [3.63, 3.8) is 0 Å². The van der Waals surface area contributed by atoms with Gasteiger partial charge in [0.1, 0.15) is 0 Å². The van der Waals surface area contributed by atoms with E-state index in [0.29, 0.717) is 0 Å². The van der Waals surface area contributed by atoms with E-state index in [1.165, 1.54) is 0 Å². The second-order valence-corrected chi connectivity index (χ2v) is 6.37. The molecule has 126 valence electrons. The largest absolute Gasteiger partial charge is 0.454 e. The van der Waals surface area contributed by atoms with Gasteiger partial charge in [-0.05, 0) is 24.6 Å². The zero-order valence-corrected chi connectivity index (χ0v) is 14.4. The Hall–Kier alpha value is -3.33. The molecular formula is C23H17NO2. The Morgan fingerprint density at radius 3 is 2.19 bits per heavy atom. The van der Waals surface area contributed by atoms with Crippen LogP contribution in [0.1, 0.15) is 5.69 Å². The minimum Gasteiger partial charge on any atom is -0.454 e. The molecule has 0 aliphatic carbocycles. The first-order valence-electron chi connectivity index (χ1n) is 8.66. The van der Waals surface area contributed by atoms with Crippen molar-refractivity contribution in [3.05, 3.63) is 78.5 Å². The van der Waals surface area contributed by atoms with Crippen LogP contribution in [-0.4, -0.2) is 11.8 Å². The first-order chi connectivity index (χ1) is 12.8. The topological polar surface area (TPSA) is 31.4 Å². The molecular weight excluding hydrogens is 322 g/mol. The molecule has 0 unspecified atom stereocenters. The van der Waals surface area contributed by atoms with Crippen LogP contribution in [-0.2, 0) is 0 Å². The number of benzene rings is 3. The Labute approximate surface area is 151 Å². The Balaban J connectivity index is 1.96. The van der Waals surface area contributed by atoms with Gasteiger partial charge in [-0.25, -0.2) is 0 Å². The Bertz CT molecular complexity index is 1110. The number of rotatable bonds is 2. The molecule has 1 aliphatic heterocycles. The van der Waals surface area contributed by atoms with Gasteiger partial charge >= 0.3 is 0 Å². The molecule has 26 heavy (non-hydrogen) atoms. The second-order valence-electron chi connectivity index (χ2n) is 6.37. The fraction of sp³-hybridized carbons (Fsp3) is 0.0870. The maximum atomic E-state index is 5.87. The summed E-state index contributed by atoms with van der Waals surface area (Å²) in [4.78, 5) is 4.98. The lowest BCUT2D eigenvalue weighted by molar-refractivity contribution is 0.175. The number of hydrogen-bond donors (Lipinski definition) is 0. The predicted octanol–water partition coefficient (Wildman–Crippen LogP) is 5.61. The van der Waals surface area contributed by atoms with Crippen molar-refractivity contribution in [1.29, 1.82) is 0 Å². The van der Waals surface area contributed by atoms with Crippen LogP contribution in [0.15, 0.2) is 72.8 Å². The predicted molar refractivity (Wildman–Crippen MR) is 103 cm³/mol. The average Bonchev–Trinajstić information content (AvgIpc) is 3.18. The highest BCUT2D eigenvalue weighted by Gasteiger charge is 2.24. The maximum absolute atomic E-state index is 5.87. The van der Waals surface area contributed by atoms with Gasteiger partial charge in [0.15, 0.2) is 11.5 Å². The number of hydrogen-bond acceptors (Lipinski definition) is 3. The molecule has 0 spiro atoms. The number of nitrogens with zero attached hydrogens (tertiary/aromatic N) is 1. The summed E-state index contributed by atoms with van der Waals surface area (Å²) < 4.78 is 11.5. The third kappa shape index (κ3) is 2.25. The SMILES string of the molecule is Cc1nc(-c2ccccc2)c(-c2ccccc2)c2c3c(ccc12)OCO3. The van der Waals surface area contributed by atoms with Crippen molar-refractivity contribution in [2.75, 3.05) is 6.79 Å². The highest BCUT2D eigenvalue weighted by Crippen LogP contribution is 2.47. The monoisotopic (exact) mass is 339 g/mol. The molecule has 4 aromatic rings. The average molecular weight is 339 g/mol. The van der Waals surface area contributed by atoms with E-state index in [2.05, 4.69) is 42.5 Å². The highest BCUT2D eigenvalue weighted by molar-refractivity contribution is 6.08. The zero-order valence-electron chi connectivity index (χ0n) is 14.4. The molecule has 3 heteroatoms. The van der Waals surface area contributed by atoms with Crippen molar-refractivity contribution in [3.8, 4) is 33.9 Å². The number of pyridine rings is 1. The first kappa shape index (κ1) is 15.0. The molecule has 1 aromatic heterocycles. The van der Waals surface area contributed by atoms with Crippen LogP contribution in [0.4, 0.5) is 0 Å². The fourth-order valence-electron chi connectivity index (χ4n) is 3.62. The molecule has 0 atom stereocenters. The molecule has 0 bridgehead atoms. The first-order valence-corrected chi connectivity index (χ1v) is 8.66. The van der Waals surface area contributed by atoms with Crippen molar-refractivity contribution in [2.24, 2.45) is 0 Å². The van der Waals surface area contributed by atoms with E-state index in [4.69, 9.17) is 14.5 Å². The van der Waals surface area contributed by atoms with Gasteiger partial charge in [0.2, 0.25) is 6.79 Å². The lowest BCUT2D eigenvalue weighted by Gasteiger charge is -2.16. The fourth-order valence-corrected chi connectivity index (χ4v) is 3.62. The number of fused-ring (bicyclic) bond motifs is 3. The molecule has 0 N–H and O–H groups in total. The van der Waals surface area contributed by atoms with Gasteiger partial charge in [-0.1, -0.05) is 60.7 Å². The standard InChI is InChI=1S/C23H17NO2/c1-15-18-12-13-19-23(26-14-25-19)21(18)20(16-8-4-2-5-9-16)22(24-15)17-10-6-3-7-11-17/h2-13H,14H2,1H3. The lowest BCUT2D eigenvalue weighted by atomic mass is 9.92. The van der Waals surface area contributed by atoms with Gasteiger partial charge in [0.05, 0.1) is 5.69 Å². The number of aromatic nitrogens is 1. The summed E-state index contributed by atoms with van der Waals surface area (Å²) >= 11 is 0. The van der Waals surface area contributed by atoms with E-state index in [1.54, 1.807) is 0 Å². The molecule has 2 heterocycles. The molecule has 3 aromatic carbocycles. The van der Waals surface area contributed by atoms with Crippen LogP contribution in [0.5, 0.6) is 11.5 Å². The summed E-state index contributed by atoms with van der Waals surface area (Å²) in [5.74, 6) is 1.60. The molecule has 0 fully saturated rings. The molecule has 0 saturated heterocycles. The summed E-state index contributed by atoms with van der Waals surface area (Å²) in [6, 6.07) is 24.7. The van der Waals surface area contributed by atoms with Crippen molar-refractivity contribution < 1.29 is 9.47 Å². The van der Waals surface area contributed by atoms with Crippen molar-refractivity contribution in [2.45, 2.75) is 6.92 Å². The van der Waals surface area contributed by atoms with Crippen LogP contribution in [0.2, 0.25) is 0 Å². The normalized spacial score (nSPS) is 12.5. The van der Waals surface area contributed by atoms with E-state index in [-0.39, 0.29) is 6.79 Å². The van der Waals surface area contributed by atoms with E-state index in [1.807, 2.05) is 37.3 Å². The van der Waals surface area contributed by atoms with Gasteiger partial charge in [-0.3, -0.25) is 4.98 Å². The van der Waals surface area contributed by atoms with E-state index >= 15 is 0 Å². The van der Waals surface area contributed by atoms with Crippen LogP contribution in [0, 0.1) is 6.92 Å². The minimum absolute atomic E-state index is 0.255. The Morgan fingerprint density at radius 2 is 1.46 bits per heavy atom. The smallest absolute Gasteiger partial charge is 0.231 e. The molecule has 0 amide bonds. The van der Waals surface area contributed by atoms with E-state index in [9.17, 15) is 0 Å². The zero-order chi connectivity index (χ0) is 17.5. The molecule has 3 nitrogen and oxygen atoms in total. The number of aryl methyl sites for hydroxylation is 1. The van der Waals surface area contributed by atoms with E-state index in [0.717, 1.165) is 50.3 Å². The summed E-state index contributed by atoms with van der Waals surface area (Å²) in [5.41, 5.74) is 5.24. The Kier molecular flexibility index (Phi) is 3.39. The summed E-state index contributed by atoms with van der Waals surface area (Å²) in [6.45, 7) is 2.30. The quantitative estimate of drug-likeness (QED) is 0.476. The molecule has 5 rings (SSSR count). The molecule has 0 radical (unpaired) electrons. The highest BCUT2D eigenvalue weighted by atomic mass is 16.7. The lowest BCUT2D eigenvalue weighted by Crippen LogP contribution is -1.97. The van der Waals surface area contributed by atoms with Gasteiger partial charge in [-0.2, -0.15) is 0 Å². The summed E-state index contributed by atoms with van der Waals surface area (Å²) in [5, 5.41) is 2.16. The Morgan fingerprint density at radius 1 is 0.769 bits per heavy atom. The maximum Gasteiger partial charge on any atom is 0.231 e.